The van der Waals surface area contributed by atoms with E-state index in [1.165, 1.54) is 18.2 Å². The largest absolute Gasteiger partial charge is 0.505 e. The summed E-state index contributed by atoms with van der Waals surface area (Å²) >= 11 is 6.17. The third kappa shape index (κ3) is 6.61. The molecular formula is C20H14ClFN6O10S3. The summed E-state index contributed by atoms with van der Waals surface area (Å²) < 4.78 is 85.1. The molecule has 0 radical (unpaired) electrons. The average molecular weight is 649 g/mol. The molecule has 1 heterocycles. The SMILES string of the molecule is Nc1nc(F)c(Cl)c(Nc2cc(S(=O)(=O)O)cc3cc(SOOO)c(N=Nc4ccccc4S(=O)(=O)O)c(O)c23)n1. The molecule has 0 atom stereocenters. The molecule has 0 aliphatic rings. The molecule has 41 heavy (non-hydrogen) atoms. The Hall–Kier alpha value is -3.73. The summed E-state index contributed by atoms with van der Waals surface area (Å²) in [7, 11) is -9.60. The topological polar surface area (TPSA) is 256 Å². The second kappa shape index (κ2) is 11.6. The molecule has 1 aromatic heterocycles. The van der Waals surface area contributed by atoms with Gasteiger partial charge in [0.05, 0.1) is 27.5 Å². The fraction of sp³-hybridized carbons (Fsp3) is 0. The number of nitrogens with two attached hydrogens (primary N) is 1. The summed E-state index contributed by atoms with van der Waals surface area (Å²) in [5.41, 5.74) is 4.35. The highest BCUT2D eigenvalue weighted by Crippen LogP contribution is 2.48. The number of hydrogen-bond acceptors (Lipinski definition) is 15. The van der Waals surface area contributed by atoms with E-state index < -0.39 is 64.2 Å². The number of nitrogens with one attached hydrogen (secondary N) is 1. The van der Waals surface area contributed by atoms with E-state index in [0.29, 0.717) is 0 Å². The number of nitrogen functional groups attached to an aromatic ring is 1. The lowest BCUT2D eigenvalue weighted by molar-refractivity contribution is -0.432. The molecule has 7 N–H and O–H groups in total. The third-order valence-corrected chi connectivity index (χ3v) is 7.74. The molecular weight excluding hydrogens is 635 g/mol. The number of aromatic hydroxyl groups is 1. The number of azo groups is 1. The van der Waals surface area contributed by atoms with Crippen LogP contribution in [0.25, 0.3) is 10.8 Å². The first-order chi connectivity index (χ1) is 19.2. The van der Waals surface area contributed by atoms with E-state index in [1.807, 2.05) is 0 Å². The Morgan fingerprint density at radius 3 is 2.41 bits per heavy atom. The van der Waals surface area contributed by atoms with Crippen LogP contribution in [0.15, 0.2) is 67.4 Å². The van der Waals surface area contributed by atoms with Crippen LogP contribution in [0.3, 0.4) is 0 Å². The normalized spacial score (nSPS) is 12.3. The maximum Gasteiger partial charge on any atom is 0.296 e. The molecule has 0 aliphatic carbocycles. The van der Waals surface area contributed by atoms with Crippen LogP contribution in [-0.4, -0.2) is 46.3 Å². The minimum Gasteiger partial charge on any atom is -0.505 e. The van der Waals surface area contributed by atoms with Crippen molar-refractivity contribution in [1.29, 1.82) is 0 Å². The van der Waals surface area contributed by atoms with Gasteiger partial charge in [0.25, 0.3) is 20.2 Å². The minimum atomic E-state index is -4.86. The third-order valence-electron chi connectivity index (χ3n) is 5.06. The number of halogens is 2. The molecule has 0 aliphatic heterocycles. The van der Waals surface area contributed by atoms with Crippen LogP contribution in [0.4, 0.5) is 33.2 Å². The Balaban J connectivity index is 2.02. The highest BCUT2D eigenvalue weighted by Gasteiger charge is 2.23. The molecule has 4 aromatic rings. The number of phenols is 1. The highest BCUT2D eigenvalue weighted by molar-refractivity contribution is 7.94. The van der Waals surface area contributed by atoms with E-state index >= 15 is 0 Å². The number of fused-ring (bicyclic) bond motifs is 1. The molecule has 0 saturated carbocycles. The number of anilines is 3. The lowest BCUT2D eigenvalue weighted by Gasteiger charge is -2.16. The summed E-state index contributed by atoms with van der Waals surface area (Å²) in [4.78, 5) is 5.49. The van der Waals surface area contributed by atoms with Crippen molar-refractivity contribution < 1.29 is 50.1 Å². The molecule has 3 aromatic carbocycles. The first-order valence-corrected chi connectivity index (χ1v) is 14.4. The van der Waals surface area contributed by atoms with Crippen molar-refractivity contribution in [3.05, 3.63) is 53.4 Å². The standard InChI is InChI=1S/C20H14ClFN6O10S3/c21-15-18(22)25-20(23)26-19(15)24-11-7-9(40(31,32)33)5-8-6-12(39-38-37-30)16(17(29)14(8)11)28-27-10-3-1-2-4-13(10)41(34,35)36/h1-7,29-30H,(H,31,32,33)(H,34,35,36)(H3,23,24,25,26). The summed E-state index contributed by atoms with van der Waals surface area (Å²) in [6, 6.07) is 7.85. The van der Waals surface area contributed by atoms with E-state index in [4.69, 9.17) is 22.6 Å². The second-order valence-corrected chi connectivity index (χ2v) is 11.6. The van der Waals surface area contributed by atoms with Crippen LogP contribution in [-0.2, 0) is 29.6 Å². The quantitative estimate of drug-likeness (QED) is 0.0356. The van der Waals surface area contributed by atoms with Gasteiger partial charge in [0, 0.05) is 5.39 Å². The number of aromatic nitrogens is 2. The number of nitrogens with zero attached hydrogens (tertiary/aromatic N) is 4. The van der Waals surface area contributed by atoms with Crippen molar-refractivity contribution in [2.75, 3.05) is 11.1 Å². The Morgan fingerprint density at radius 2 is 1.76 bits per heavy atom. The minimum absolute atomic E-state index is 0.111. The van der Waals surface area contributed by atoms with Gasteiger partial charge in [-0.3, -0.25) is 9.11 Å². The molecule has 21 heteroatoms. The van der Waals surface area contributed by atoms with Crippen molar-refractivity contribution in [3.63, 3.8) is 0 Å². The predicted octanol–water partition coefficient (Wildman–Crippen LogP) is 4.79. The Labute approximate surface area is 238 Å². The molecule has 0 saturated heterocycles. The van der Waals surface area contributed by atoms with Gasteiger partial charge in [0.2, 0.25) is 11.9 Å². The van der Waals surface area contributed by atoms with Gasteiger partial charge in [-0.15, -0.1) is 14.6 Å². The second-order valence-electron chi connectivity index (χ2n) is 7.64. The first kappa shape index (κ1) is 30.2. The fourth-order valence-electron chi connectivity index (χ4n) is 3.43. The summed E-state index contributed by atoms with van der Waals surface area (Å²) in [6.07, 6.45) is 0. The van der Waals surface area contributed by atoms with Crippen molar-refractivity contribution in [2.24, 2.45) is 10.2 Å². The fourth-order valence-corrected chi connectivity index (χ4v) is 5.22. The zero-order valence-electron chi connectivity index (χ0n) is 19.6. The van der Waals surface area contributed by atoms with Crippen molar-refractivity contribution >= 4 is 83.5 Å². The molecule has 0 unspecified atom stereocenters. The van der Waals surface area contributed by atoms with Crippen LogP contribution in [0.1, 0.15) is 0 Å². The Morgan fingerprint density at radius 1 is 1.05 bits per heavy atom. The lowest BCUT2D eigenvalue weighted by atomic mass is 10.1. The molecule has 0 bridgehead atoms. The predicted molar refractivity (Wildman–Crippen MR) is 141 cm³/mol. The van der Waals surface area contributed by atoms with Crippen LogP contribution < -0.4 is 11.1 Å². The Kier molecular flexibility index (Phi) is 8.58. The molecule has 0 fully saturated rings. The molecule has 16 nitrogen and oxygen atoms in total. The maximum atomic E-state index is 14.1. The zero-order valence-corrected chi connectivity index (χ0v) is 22.8. The van der Waals surface area contributed by atoms with Crippen molar-refractivity contribution in [1.82, 2.24) is 9.97 Å². The number of rotatable bonds is 9. The molecule has 216 valence electrons. The summed E-state index contributed by atoms with van der Waals surface area (Å²) in [5, 5.41) is 32.6. The molecule has 0 spiro atoms. The van der Waals surface area contributed by atoms with Gasteiger partial charge in [-0.05, 0) is 35.7 Å². The van der Waals surface area contributed by atoms with Gasteiger partial charge in [0.1, 0.15) is 21.3 Å². The number of benzene rings is 3. The average Bonchev–Trinajstić information content (AvgIpc) is 2.88. The van der Waals surface area contributed by atoms with E-state index in [2.05, 4.69) is 34.9 Å². The van der Waals surface area contributed by atoms with E-state index in [1.54, 1.807) is 0 Å². The van der Waals surface area contributed by atoms with Gasteiger partial charge in [0.15, 0.2) is 11.6 Å². The van der Waals surface area contributed by atoms with E-state index in [0.717, 1.165) is 24.3 Å². The van der Waals surface area contributed by atoms with Crippen LogP contribution >= 0.6 is 23.6 Å². The highest BCUT2D eigenvalue weighted by atomic mass is 35.5. The van der Waals surface area contributed by atoms with E-state index in [-0.39, 0.29) is 39.1 Å². The van der Waals surface area contributed by atoms with Gasteiger partial charge in [-0.1, -0.05) is 28.8 Å². The molecule has 4 rings (SSSR count). The molecule has 0 amide bonds. The van der Waals surface area contributed by atoms with Crippen molar-refractivity contribution in [2.45, 2.75) is 14.7 Å². The van der Waals surface area contributed by atoms with Gasteiger partial charge in [-0.2, -0.15) is 31.2 Å². The zero-order chi connectivity index (χ0) is 30.1. The first-order valence-electron chi connectivity index (χ1n) is 10.4. The maximum absolute atomic E-state index is 14.1. The van der Waals surface area contributed by atoms with Crippen LogP contribution in [0.5, 0.6) is 5.75 Å². The monoisotopic (exact) mass is 648 g/mol. The van der Waals surface area contributed by atoms with Crippen LogP contribution in [0.2, 0.25) is 5.02 Å². The van der Waals surface area contributed by atoms with Crippen molar-refractivity contribution in [3.8, 4) is 5.75 Å². The smallest absolute Gasteiger partial charge is 0.296 e. The Bertz CT molecular complexity index is 1930. The van der Waals surface area contributed by atoms with Crippen LogP contribution in [0, 0.1) is 5.95 Å². The summed E-state index contributed by atoms with van der Waals surface area (Å²) in [5.74, 6) is -3.00. The number of hydrogen-bond donors (Lipinski definition) is 6. The summed E-state index contributed by atoms with van der Waals surface area (Å²) in [6.45, 7) is 0. The van der Waals surface area contributed by atoms with Gasteiger partial charge in [-0.25, -0.2) is 5.26 Å². The van der Waals surface area contributed by atoms with Gasteiger partial charge < -0.3 is 16.2 Å². The number of phenolic OH excluding ortho intramolecular Hbond substituents is 1. The van der Waals surface area contributed by atoms with Gasteiger partial charge >= 0.3 is 0 Å². The lowest BCUT2D eigenvalue weighted by Crippen LogP contribution is -2.05. The van der Waals surface area contributed by atoms with E-state index in [9.17, 15) is 35.4 Å².